The van der Waals surface area contributed by atoms with Crippen molar-refractivity contribution in [3.63, 3.8) is 0 Å². The highest BCUT2D eigenvalue weighted by Crippen LogP contribution is 2.27. The first-order valence-electron chi connectivity index (χ1n) is 27.5. The molecule has 11 aromatic rings. The predicted molar refractivity (Wildman–Crippen MR) is 337 cm³/mol. The molecule has 0 atom stereocenters. The molecule has 7 aromatic carbocycles. The number of primary amides is 1. The lowest BCUT2D eigenvalue weighted by atomic mass is 10.1. The molecule has 4 aromatic heterocycles. The fourth-order valence-corrected chi connectivity index (χ4v) is 9.19. The minimum atomic E-state index is -0.606. The number of carbonyl (C=O) groups is 4. The van der Waals surface area contributed by atoms with Gasteiger partial charge in [0.25, 0.3) is 5.91 Å². The lowest BCUT2D eigenvalue weighted by molar-refractivity contribution is 0.0510. The van der Waals surface area contributed by atoms with E-state index >= 15 is 0 Å². The van der Waals surface area contributed by atoms with Crippen molar-refractivity contribution in [1.29, 1.82) is 0 Å². The van der Waals surface area contributed by atoms with E-state index in [2.05, 4.69) is 74.0 Å². The quantitative estimate of drug-likeness (QED) is 0.0617. The number of halogens is 1. The zero-order chi connectivity index (χ0) is 61.4. The Balaban J connectivity index is 0.000000151. The molecule has 0 bridgehead atoms. The Kier molecular flexibility index (Phi) is 20.5. The van der Waals surface area contributed by atoms with Gasteiger partial charge in [0.2, 0.25) is 0 Å². The number of anilines is 6. The van der Waals surface area contributed by atoms with Gasteiger partial charge in [-0.25, -0.2) is 54.3 Å². The molecule has 0 spiro atoms. The molecular formula is C66H63ClN12O7. The molecule has 1 amide bonds. The second-order valence-corrected chi connectivity index (χ2v) is 20.0. The average Bonchev–Trinajstić information content (AvgIpc) is 2.18. The van der Waals surface area contributed by atoms with Gasteiger partial charge in [-0.3, -0.25) is 4.79 Å². The van der Waals surface area contributed by atoms with Crippen molar-refractivity contribution in [3.05, 3.63) is 213 Å². The number of hydrogen-bond acceptors (Lipinski definition) is 18. The number of ether oxygens (including phenoxy) is 3. The lowest BCUT2D eigenvalue weighted by Crippen LogP contribution is -2.16. The third kappa shape index (κ3) is 16.2. The molecule has 436 valence electrons. The van der Waals surface area contributed by atoms with Crippen molar-refractivity contribution in [2.45, 2.75) is 62.3 Å². The number of nitrogens with one attached hydrogen (secondary N) is 3. The van der Waals surface area contributed by atoms with Crippen LogP contribution in [0.4, 0.5) is 34.5 Å². The summed E-state index contributed by atoms with van der Waals surface area (Å²) < 4.78 is 15.1. The lowest BCUT2D eigenvalue weighted by Gasteiger charge is -2.12. The highest BCUT2D eigenvalue weighted by molar-refractivity contribution is 6.32. The van der Waals surface area contributed by atoms with Crippen LogP contribution >= 0.6 is 11.6 Å². The van der Waals surface area contributed by atoms with Crippen LogP contribution in [0, 0.1) is 41.5 Å². The van der Waals surface area contributed by atoms with E-state index in [1.54, 1.807) is 39.0 Å². The van der Waals surface area contributed by atoms with E-state index in [0.717, 1.165) is 61.5 Å². The molecule has 0 radical (unpaired) electrons. The highest BCUT2D eigenvalue weighted by atomic mass is 35.5. The van der Waals surface area contributed by atoms with Crippen LogP contribution in [0.3, 0.4) is 0 Å². The zero-order valence-electron chi connectivity index (χ0n) is 48.9. The number of benzene rings is 7. The summed E-state index contributed by atoms with van der Waals surface area (Å²) in [5, 5.41) is 9.64. The Morgan fingerprint density at radius 3 is 0.872 bits per heavy atom. The summed E-state index contributed by atoms with van der Waals surface area (Å²) in [6, 6.07) is 47.7. The maximum Gasteiger partial charge on any atom is 0.360 e. The average molecular weight is 1170 g/mol. The van der Waals surface area contributed by atoms with Crippen LogP contribution in [0.5, 0.6) is 0 Å². The summed E-state index contributed by atoms with van der Waals surface area (Å²) in [7, 11) is 0. The molecule has 11 rings (SSSR count). The minimum Gasteiger partial charge on any atom is -0.461 e. The second-order valence-electron chi connectivity index (χ2n) is 19.6. The minimum absolute atomic E-state index is 0.0576. The summed E-state index contributed by atoms with van der Waals surface area (Å²) in [6.45, 7) is 18.2. The smallest absolute Gasteiger partial charge is 0.360 e. The van der Waals surface area contributed by atoms with Crippen molar-refractivity contribution < 1.29 is 33.4 Å². The van der Waals surface area contributed by atoms with E-state index in [4.69, 9.17) is 31.5 Å². The highest BCUT2D eigenvalue weighted by Gasteiger charge is 2.21. The third-order valence-corrected chi connectivity index (χ3v) is 12.6. The van der Waals surface area contributed by atoms with E-state index < -0.39 is 23.8 Å². The second kappa shape index (κ2) is 28.6. The molecule has 0 fully saturated rings. The normalized spacial score (nSPS) is 10.6. The Labute approximate surface area is 501 Å². The molecule has 0 aliphatic rings. The van der Waals surface area contributed by atoms with Gasteiger partial charge in [0.15, 0.2) is 45.4 Å². The fraction of sp³-hybridized carbons (Fsp3) is 0.182. The maximum absolute atomic E-state index is 12.3. The van der Waals surface area contributed by atoms with E-state index in [-0.39, 0.29) is 47.7 Å². The van der Waals surface area contributed by atoms with Gasteiger partial charge in [-0.05, 0) is 181 Å². The molecule has 0 unspecified atom stereocenters. The van der Waals surface area contributed by atoms with Gasteiger partial charge < -0.3 is 35.9 Å². The molecule has 0 saturated heterocycles. The number of esters is 3. The van der Waals surface area contributed by atoms with Crippen LogP contribution in [-0.2, 0) is 14.2 Å². The van der Waals surface area contributed by atoms with Crippen LogP contribution in [0.1, 0.15) is 96.1 Å². The van der Waals surface area contributed by atoms with E-state index in [0.29, 0.717) is 50.6 Å². The Morgan fingerprint density at radius 2 is 0.593 bits per heavy atom. The van der Waals surface area contributed by atoms with Crippen LogP contribution in [0.25, 0.3) is 44.1 Å². The number of aryl methyl sites for hydroxylation is 6. The summed E-state index contributed by atoms with van der Waals surface area (Å²) in [5.41, 5.74) is 20.7. The van der Waals surface area contributed by atoms with E-state index in [9.17, 15) is 19.2 Å². The van der Waals surface area contributed by atoms with Gasteiger partial charge >= 0.3 is 17.9 Å². The van der Waals surface area contributed by atoms with Crippen LogP contribution in [-0.4, -0.2) is 83.5 Å². The number of fused-ring (bicyclic) bond motifs is 4. The largest absolute Gasteiger partial charge is 0.461 e. The van der Waals surface area contributed by atoms with Crippen molar-refractivity contribution in [3.8, 4) is 0 Å². The number of aromatic nitrogens is 8. The van der Waals surface area contributed by atoms with E-state index in [1.165, 1.54) is 0 Å². The first-order valence-corrected chi connectivity index (χ1v) is 27.9. The van der Waals surface area contributed by atoms with Crippen molar-refractivity contribution >= 4 is 114 Å². The summed E-state index contributed by atoms with van der Waals surface area (Å²) in [5.74, 6) is -0.952. The van der Waals surface area contributed by atoms with Crippen LogP contribution in [0.15, 0.2) is 152 Å². The first-order chi connectivity index (χ1) is 41.4. The Morgan fingerprint density at radius 1 is 0.360 bits per heavy atom. The van der Waals surface area contributed by atoms with Gasteiger partial charge in [0.05, 0.1) is 64.0 Å². The van der Waals surface area contributed by atoms with Gasteiger partial charge in [-0.2, -0.15) is 0 Å². The molecule has 4 heterocycles. The number of amides is 1. The number of rotatable bonds is 13. The van der Waals surface area contributed by atoms with Crippen molar-refractivity contribution in [2.75, 3.05) is 35.8 Å². The zero-order valence-corrected chi connectivity index (χ0v) is 49.7. The Hall–Kier alpha value is -10.5. The van der Waals surface area contributed by atoms with Gasteiger partial charge in [-0.15, -0.1) is 0 Å². The monoisotopic (exact) mass is 1170 g/mol. The Bertz CT molecular complexity index is 4100. The molecule has 0 aliphatic carbocycles. The van der Waals surface area contributed by atoms with Crippen molar-refractivity contribution in [1.82, 2.24) is 39.9 Å². The summed E-state index contributed by atoms with van der Waals surface area (Å²) >= 11 is 5.86. The van der Waals surface area contributed by atoms with Gasteiger partial charge in [-0.1, -0.05) is 78.3 Å². The number of hydrogen-bond donors (Lipinski definition) is 4. The molecule has 0 aliphatic heterocycles. The molecular weight excluding hydrogens is 1110 g/mol. The first kappa shape index (κ1) is 61.5. The SMILES string of the molecule is CCOC(=O)c1nc2ccccc2nc1Cl.CCOC(=O)c1nc2ccccc2nc1Nc1cc(C)cc(C)c1.CCOC(=O)c1nc2ccccc2nc1Nc1cc(C)cc(C)c1.Cc1cc(C)cc(Nc2nc3ccccc3nc2C(N)=O)c1. The maximum atomic E-state index is 12.3. The molecule has 19 nitrogen and oxygen atoms in total. The fourth-order valence-electron chi connectivity index (χ4n) is 8.98. The van der Waals surface area contributed by atoms with Gasteiger partial charge in [0.1, 0.15) is 0 Å². The number of nitrogens with two attached hydrogens (primary N) is 1. The topological polar surface area (TPSA) is 261 Å². The van der Waals surface area contributed by atoms with Crippen LogP contribution in [0.2, 0.25) is 5.15 Å². The van der Waals surface area contributed by atoms with Crippen molar-refractivity contribution in [2.24, 2.45) is 5.73 Å². The number of carbonyl (C=O) groups excluding carboxylic acids is 4. The predicted octanol–water partition coefficient (Wildman–Crippen LogP) is 13.9. The molecule has 0 saturated carbocycles. The standard InChI is InChI=1S/2C19H19N3O2.C17H16N4O.C11H9ClN2O2/c2*1-4-24-19(23)17-18(20-14-10-12(2)9-13(3)11-14)22-16-8-6-5-7-15(16)21-17;1-10-7-11(2)9-12(8-10)19-17-15(16(18)22)20-13-5-3-4-6-14(13)21-17;1-2-16-11(15)9-10(12)14-8-6-4-3-5-7(8)13-9/h2*5-11H,4H2,1-3H3,(H,20,22);3-9H,1-2H3,(H2,18,22)(H,19,21);3-6H,2H2,1H3. The number of para-hydroxylation sites is 8. The van der Waals surface area contributed by atoms with E-state index in [1.807, 2.05) is 157 Å². The summed E-state index contributed by atoms with van der Waals surface area (Å²) in [4.78, 5) is 82.7. The third-order valence-electron chi connectivity index (χ3n) is 12.3. The van der Waals surface area contributed by atoms with Crippen LogP contribution < -0.4 is 21.7 Å². The molecule has 86 heavy (non-hydrogen) atoms. The number of nitrogens with zero attached hydrogens (tertiary/aromatic N) is 8. The molecule has 5 N–H and O–H groups in total. The van der Waals surface area contributed by atoms with Gasteiger partial charge in [0, 0.05) is 17.1 Å². The summed E-state index contributed by atoms with van der Waals surface area (Å²) in [6.07, 6.45) is 0. The molecule has 20 heteroatoms.